The van der Waals surface area contributed by atoms with Crippen LogP contribution in [-0.4, -0.2) is 48.3 Å². The fourth-order valence-electron chi connectivity index (χ4n) is 5.25. The highest BCUT2D eigenvalue weighted by molar-refractivity contribution is 6.31. The molecule has 11 nitrogen and oxygen atoms in total. The van der Waals surface area contributed by atoms with Crippen LogP contribution in [0.5, 0.6) is 17.2 Å². The number of Topliss-reactive ketones (excluding diaryl/α,β-unsaturated/α-hetero) is 3. The summed E-state index contributed by atoms with van der Waals surface area (Å²) in [6.07, 6.45) is 2.15. The standard InChI is InChI=1S/C29H21F5N4O7/c1-9-25(42)17(11(3)39)27-19(26(9)43)29(4)15(45-27)5-13(40)16(28(29)44)10(2)35-6-12-7-38(37-36-12)8-14(41)18-20(30)22(32)24(34)23(33)21(18)31/h5,7,35,42-43H,6,8H2,1-4H3/b16-10+. The predicted octanol–water partition coefficient (Wildman–Crippen LogP) is 3.53. The zero-order valence-corrected chi connectivity index (χ0v) is 23.7. The van der Waals surface area contributed by atoms with Crippen LogP contribution in [0, 0.1) is 36.0 Å². The summed E-state index contributed by atoms with van der Waals surface area (Å²) in [6.45, 7) is 4.14. The molecule has 5 rings (SSSR count). The van der Waals surface area contributed by atoms with E-state index in [-0.39, 0.29) is 51.7 Å². The van der Waals surface area contributed by atoms with Crippen molar-refractivity contribution in [2.45, 2.75) is 46.2 Å². The van der Waals surface area contributed by atoms with Gasteiger partial charge in [0.25, 0.3) is 0 Å². The molecule has 2 aliphatic rings. The van der Waals surface area contributed by atoms with Gasteiger partial charge in [0.05, 0.1) is 29.4 Å². The molecule has 1 atom stereocenters. The lowest BCUT2D eigenvalue weighted by Gasteiger charge is -2.29. The number of benzene rings is 2. The molecule has 16 heteroatoms. The number of carbonyl (C=O) groups is 4. The highest BCUT2D eigenvalue weighted by Gasteiger charge is 2.56. The van der Waals surface area contributed by atoms with Gasteiger partial charge in [-0.15, -0.1) is 5.10 Å². The summed E-state index contributed by atoms with van der Waals surface area (Å²) in [5.74, 6) is -16.6. The molecule has 2 aromatic carbocycles. The third kappa shape index (κ3) is 4.55. The maximum Gasteiger partial charge on any atom is 0.200 e. The largest absolute Gasteiger partial charge is 0.507 e. The maximum absolute atomic E-state index is 14.0. The van der Waals surface area contributed by atoms with Gasteiger partial charge in [-0.05, 0) is 27.7 Å². The fourth-order valence-corrected chi connectivity index (χ4v) is 5.25. The molecule has 0 radical (unpaired) electrons. The molecular formula is C29H21F5N4O7. The van der Waals surface area contributed by atoms with Gasteiger partial charge in [-0.25, -0.2) is 26.6 Å². The van der Waals surface area contributed by atoms with Gasteiger partial charge in [-0.2, -0.15) is 0 Å². The summed E-state index contributed by atoms with van der Waals surface area (Å²) in [5.41, 5.74) is -4.02. The van der Waals surface area contributed by atoms with Gasteiger partial charge in [0.1, 0.15) is 46.2 Å². The van der Waals surface area contributed by atoms with Crippen LogP contribution in [0.4, 0.5) is 22.0 Å². The number of hydrogen-bond donors (Lipinski definition) is 3. The van der Waals surface area contributed by atoms with Gasteiger partial charge in [-0.1, -0.05) is 5.21 Å². The molecule has 3 aromatic rings. The van der Waals surface area contributed by atoms with Crippen molar-refractivity contribution in [2.24, 2.45) is 0 Å². The van der Waals surface area contributed by atoms with Crippen molar-refractivity contribution < 1.29 is 56.1 Å². The first-order valence-electron chi connectivity index (χ1n) is 13.0. The Kier molecular flexibility index (Phi) is 7.34. The number of nitrogens with zero attached hydrogens (tertiary/aromatic N) is 3. The normalized spacial score (nSPS) is 18.3. The molecule has 0 spiro atoms. The lowest BCUT2D eigenvalue weighted by atomic mass is 9.70. The minimum absolute atomic E-state index is 0.0452. The Labute approximate surface area is 249 Å². The number of fused-ring (bicyclic) bond motifs is 3. The Bertz CT molecular complexity index is 1940. The number of ether oxygens (including phenoxy) is 1. The van der Waals surface area contributed by atoms with Crippen molar-refractivity contribution in [1.82, 2.24) is 20.3 Å². The number of ketones is 4. The van der Waals surface area contributed by atoms with Gasteiger partial charge in [0.2, 0.25) is 5.82 Å². The number of phenolic OH excluding ortho intramolecular Hbond substituents is 2. The third-order valence-electron chi connectivity index (χ3n) is 7.67. The molecule has 3 N–H and O–H groups in total. The average Bonchev–Trinajstić information content (AvgIpc) is 3.54. The number of halogens is 5. The summed E-state index contributed by atoms with van der Waals surface area (Å²) >= 11 is 0. The van der Waals surface area contributed by atoms with Crippen LogP contribution in [0.2, 0.25) is 0 Å². The van der Waals surface area contributed by atoms with Crippen molar-refractivity contribution in [1.29, 1.82) is 0 Å². The molecule has 1 aromatic heterocycles. The monoisotopic (exact) mass is 632 g/mol. The highest BCUT2D eigenvalue weighted by atomic mass is 19.2. The van der Waals surface area contributed by atoms with Crippen molar-refractivity contribution >= 4 is 23.1 Å². The molecule has 1 aliphatic heterocycles. The molecular weight excluding hydrogens is 611 g/mol. The van der Waals surface area contributed by atoms with Crippen molar-refractivity contribution in [3.63, 3.8) is 0 Å². The molecule has 1 unspecified atom stereocenters. The summed E-state index contributed by atoms with van der Waals surface area (Å²) in [4.78, 5) is 51.6. The average molecular weight is 632 g/mol. The quantitative estimate of drug-likeness (QED) is 0.0878. The van der Waals surface area contributed by atoms with E-state index in [9.17, 15) is 51.3 Å². The molecule has 0 saturated heterocycles. The van der Waals surface area contributed by atoms with E-state index in [0.717, 1.165) is 23.9 Å². The number of hydrogen-bond acceptors (Lipinski definition) is 10. The second-order valence-corrected chi connectivity index (χ2v) is 10.5. The number of rotatable bonds is 7. The van der Waals surface area contributed by atoms with Gasteiger partial charge in [-0.3, -0.25) is 19.2 Å². The number of aromatic nitrogens is 3. The van der Waals surface area contributed by atoms with E-state index in [1.54, 1.807) is 0 Å². The second-order valence-electron chi connectivity index (χ2n) is 10.5. The Balaban J connectivity index is 1.40. The lowest BCUT2D eigenvalue weighted by molar-refractivity contribution is -0.123. The molecule has 0 fully saturated rings. The Morgan fingerprint density at radius 1 is 0.978 bits per heavy atom. The van der Waals surface area contributed by atoms with Crippen LogP contribution in [0.3, 0.4) is 0 Å². The molecule has 1 aliphatic carbocycles. The van der Waals surface area contributed by atoms with E-state index in [0.29, 0.717) is 0 Å². The smallest absolute Gasteiger partial charge is 0.200 e. The van der Waals surface area contributed by atoms with Gasteiger partial charge < -0.3 is 20.3 Å². The van der Waals surface area contributed by atoms with Gasteiger partial charge >= 0.3 is 0 Å². The molecule has 0 amide bonds. The number of carbonyl (C=O) groups excluding carboxylic acids is 4. The Morgan fingerprint density at radius 2 is 1.58 bits per heavy atom. The SMILES string of the molecule is CC(=O)c1c(O)c(C)c(O)c2c1OC1=CC(=O)/C(=C(/C)NCc3cn(CC(=O)c4c(F)c(F)c(F)c(F)c4F)nn3)C(=O)C12C. The van der Waals surface area contributed by atoms with Gasteiger partial charge in [0, 0.05) is 17.3 Å². The predicted molar refractivity (Wildman–Crippen MR) is 141 cm³/mol. The maximum atomic E-state index is 14.0. The van der Waals surface area contributed by atoms with Gasteiger partial charge in [0.15, 0.2) is 46.4 Å². The number of nitrogens with one attached hydrogen (secondary N) is 1. The zero-order valence-electron chi connectivity index (χ0n) is 23.7. The van der Waals surface area contributed by atoms with Crippen LogP contribution in [0.1, 0.15) is 58.3 Å². The molecule has 0 bridgehead atoms. The van der Waals surface area contributed by atoms with Crippen LogP contribution in [0.25, 0.3) is 0 Å². The topological polar surface area (TPSA) is 161 Å². The first kappa shape index (κ1) is 31.0. The Hall–Kier alpha value is -5.41. The third-order valence-corrected chi connectivity index (χ3v) is 7.67. The Morgan fingerprint density at radius 3 is 2.18 bits per heavy atom. The summed E-state index contributed by atoms with van der Waals surface area (Å²) < 4.78 is 74.8. The summed E-state index contributed by atoms with van der Waals surface area (Å²) in [5, 5.41) is 31.5. The molecule has 234 valence electrons. The van der Waals surface area contributed by atoms with E-state index < -0.39 is 81.2 Å². The van der Waals surface area contributed by atoms with Crippen LogP contribution in [-0.2, 0) is 28.1 Å². The minimum atomic E-state index is -2.41. The minimum Gasteiger partial charge on any atom is -0.507 e. The number of phenols is 2. The van der Waals surface area contributed by atoms with E-state index in [2.05, 4.69) is 15.6 Å². The number of aromatic hydroxyl groups is 2. The van der Waals surface area contributed by atoms with Crippen LogP contribution < -0.4 is 10.1 Å². The first-order valence-corrected chi connectivity index (χ1v) is 13.0. The van der Waals surface area contributed by atoms with E-state index in [1.165, 1.54) is 20.8 Å². The van der Waals surface area contributed by atoms with Crippen LogP contribution in [0.15, 0.2) is 29.3 Å². The fraction of sp³-hybridized carbons (Fsp3) is 0.241. The van der Waals surface area contributed by atoms with E-state index in [4.69, 9.17) is 4.74 Å². The summed E-state index contributed by atoms with van der Waals surface area (Å²) in [7, 11) is 0. The highest BCUT2D eigenvalue weighted by Crippen LogP contribution is 2.57. The van der Waals surface area contributed by atoms with Crippen molar-refractivity contribution in [2.75, 3.05) is 0 Å². The van der Waals surface area contributed by atoms with E-state index in [1.807, 2.05) is 0 Å². The van der Waals surface area contributed by atoms with Crippen molar-refractivity contribution in [3.05, 3.63) is 86.3 Å². The van der Waals surface area contributed by atoms with Crippen LogP contribution >= 0.6 is 0 Å². The molecule has 0 saturated carbocycles. The summed E-state index contributed by atoms with van der Waals surface area (Å²) in [6, 6.07) is 0. The van der Waals surface area contributed by atoms with E-state index >= 15 is 0 Å². The molecule has 45 heavy (non-hydrogen) atoms. The second kappa shape index (κ2) is 10.6. The molecule has 2 heterocycles. The number of allylic oxidation sites excluding steroid dienone is 4. The van der Waals surface area contributed by atoms with Crippen molar-refractivity contribution in [3.8, 4) is 17.2 Å². The lowest BCUT2D eigenvalue weighted by Crippen LogP contribution is -2.41. The zero-order chi connectivity index (χ0) is 33.3. The first-order chi connectivity index (χ1) is 21.0.